The lowest BCUT2D eigenvalue weighted by Gasteiger charge is -2.10. The highest BCUT2D eigenvalue weighted by Crippen LogP contribution is 2.23. The zero-order chi connectivity index (χ0) is 11.3. The molecule has 0 aliphatic rings. The molecule has 2 nitrogen and oxygen atoms in total. The van der Waals surface area contributed by atoms with Gasteiger partial charge >= 0.3 is 0 Å². The number of nitrogens with one attached hydrogen (secondary N) is 1. The Morgan fingerprint density at radius 2 is 2.20 bits per heavy atom. The molecular formula is C11H15ClFNO. The zero-order valence-electron chi connectivity index (χ0n) is 8.89. The summed E-state index contributed by atoms with van der Waals surface area (Å²) in [7, 11) is 0. The van der Waals surface area contributed by atoms with Crippen LogP contribution >= 0.6 is 11.6 Å². The third-order valence-electron chi connectivity index (χ3n) is 1.83. The van der Waals surface area contributed by atoms with Crippen molar-refractivity contribution in [1.82, 2.24) is 5.32 Å². The summed E-state index contributed by atoms with van der Waals surface area (Å²) in [5.41, 5.74) is 0. The van der Waals surface area contributed by atoms with Gasteiger partial charge < -0.3 is 10.1 Å². The van der Waals surface area contributed by atoms with Crippen molar-refractivity contribution in [2.24, 2.45) is 0 Å². The molecule has 1 aromatic carbocycles. The van der Waals surface area contributed by atoms with E-state index in [-0.39, 0.29) is 10.8 Å². The molecule has 0 saturated carbocycles. The van der Waals surface area contributed by atoms with Crippen molar-refractivity contribution in [2.45, 2.75) is 19.9 Å². The van der Waals surface area contributed by atoms with Crippen LogP contribution in [0.2, 0.25) is 5.02 Å². The molecule has 0 bridgehead atoms. The number of hydrogen-bond donors (Lipinski definition) is 1. The Balaban J connectivity index is 2.41. The van der Waals surface area contributed by atoms with Gasteiger partial charge in [-0.05, 0) is 12.1 Å². The Kier molecular flexibility index (Phi) is 4.85. The van der Waals surface area contributed by atoms with E-state index in [9.17, 15) is 4.39 Å². The van der Waals surface area contributed by atoms with Crippen molar-refractivity contribution in [3.8, 4) is 5.75 Å². The number of rotatable bonds is 5. The molecule has 0 unspecified atom stereocenters. The van der Waals surface area contributed by atoms with Crippen LogP contribution in [0.25, 0.3) is 0 Å². The number of hydrogen-bond acceptors (Lipinski definition) is 2. The molecule has 0 radical (unpaired) electrons. The van der Waals surface area contributed by atoms with Crippen molar-refractivity contribution >= 4 is 11.6 Å². The molecule has 1 rings (SSSR count). The zero-order valence-corrected chi connectivity index (χ0v) is 9.64. The molecule has 1 aromatic rings. The van der Waals surface area contributed by atoms with Crippen molar-refractivity contribution in [3.63, 3.8) is 0 Å². The minimum absolute atomic E-state index is 0.0873. The molecule has 0 aliphatic heterocycles. The van der Waals surface area contributed by atoms with Gasteiger partial charge in [-0.2, -0.15) is 0 Å². The summed E-state index contributed by atoms with van der Waals surface area (Å²) in [5, 5.41) is 3.26. The van der Waals surface area contributed by atoms with Crippen LogP contribution in [0.15, 0.2) is 18.2 Å². The average Bonchev–Trinajstić information content (AvgIpc) is 2.18. The first kappa shape index (κ1) is 12.3. The first-order chi connectivity index (χ1) is 7.11. The first-order valence-electron chi connectivity index (χ1n) is 4.91. The van der Waals surface area contributed by atoms with E-state index in [4.69, 9.17) is 16.3 Å². The molecule has 0 aliphatic carbocycles. The maximum atomic E-state index is 13.3. The normalized spacial score (nSPS) is 10.7. The number of ether oxygens (including phenoxy) is 1. The molecule has 0 spiro atoms. The van der Waals surface area contributed by atoms with Crippen LogP contribution in [0, 0.1) is 5.82 Å². The van der Waals surface area contributed by atoms with E-state index in [0.29, 0.717) is 19.2 Å². The van der Waals surface area contributed by atoms with Crippen molar-refractivity contribution in [1.29, 1.82) is 0 Å². The number of halogens is 2. The standard InChI is InChI=1S/C11H15ClFNO/c1-8(2)14-6-7-15-10-5-3-4-9(12)11(10)13/h3-5,8,14H,6-7H2,1-2H3. The maximum Gasteiger partial charge on any atom is 0.183 e. The number of benzene rings is 1. The second kappa shape index (κ2) is 5.93. The molecule has 15 heavy (non-hydrogen) atoms. The van der Waals surface area contributed by atoms with Crippen LogP contribution in [0.4, 0.5) is 4.39 Å². The van der Waals surface area contributed by atoms with Gasteiger partial charge in [0.2, 0.25) is 0 Å². The van der Waals surface area contributed by atoms with E-state index in [1.54, 1.807) is 12.1 Å². The minimum atomic E-state index is -0.497. The van der Waals surface area contributed by atoms with Crippen molar-refractivity contribution in [3.05, 3.63) is 29.0 Å². The lowest BCUT2D eigenvalue weighted by atomic mass is 10.3. The van der Waals surface area contributed by atoms with Gasteiger partial charge in [0.05, 0.1) is 5.02 Å². The second-order valence-corrected chi connectivity index (χ2v) is 3.92. The Labute approximate surface area is 94.4 Å². The SMILES string of the molecule is CC(C)NCCOc1cccc(Cl)c1F. The second-order valence-electron chi connectivity index (χ2n) is 3.51. The monoisotopic (exact) mass is 231 g/mol. The van der Waals surface area contributed by atoms with Gasteiger partial charge in [-0.25, -0.2) is 4.39 Å². The molecule has 0 atom stereocenters. The Bertz CT molecular complexity index is 317. The van der Waals surface area contributed by atoms with Gasteiger partial charge in [0.25, 0.3) is 0 Å². The smallest absolute Gasteiger partial charge is 0.183 e. The molecule has 84 valence electrons. The molecule has 0 heterocycles. The molecule has 1 N–H and O–H groups in total. The molecule has 0 fully saturated rings. The Morgan fingerprint density at radius 3 is 2.87 bits per heavy atom. The van der Waals surface area contributed by atoms with E-state index < -0.39 is 5.82 Å². The molecular weight excluding hydrogens is 217 g/mol. The summed E-state index contributed by atoms with van der Waals surface area (Å²) in [5.74, 6) is -0.295. The molecule has 0 aromatic heterocycles. The van der Waals surface area contributed by atoms with Gasteiger partial charge in [0, 0.05) is 12.6 Å². The predicted molar refractivity (Wildman–Crippen MR) is 60.0 cm³/mol. The van der Waals surface area contributed by atoms with E-state index in [2.05, 4.69) is 5.32 Å². The predicted octanol–water partition coefficient (Wildman–Crippen LogP) is 2.86. The van der Waals surface area contributed by atoms with Crippen LogP contribution in [0.3, 0.4) is 0 Å². The third-order valence-corrected chi connectivity index (χ3v) is 2.12. The van der Waals surface area contributed by atoms with Crippen molar-refractivity contribution < 1.29 is 9.13 Å². The largest absolute Gasteiger partial charge is 0.489 e. The van der Waals surface area contributed by atoms with Crippen LogP contribution in [-0.2, 0) is 0 Å². The quantitative estimate of drug-likeness (QED) is 0.787. The fraction of sp³-hybridized carbons (Fsp3) is 0.455. The summed E-state index contributed by atoms with van der Waals surface area (Å²) >= 11 is 5.61. The van der Waals surface area contributed by atoms with Crippen molar-refractivity contribution in [2.75, 3.05) is 13.2 Å². The summed E-state index contributed by atoms with van der Waals surface area (Å²) < 4.78 is 18.6. The van der Waals surface area contributed by atoms with Gasteiger partial charge in [-0.3, -0.25) is 0 Å². The molecule has 0 saturated heterocycles. The lowest BCUT2D eigenvalue weighted by Crippen LogP contribution is -2.27. The van der Waals surface area contributed by atoms with Gasteiger partial charge in [0.15, 0.2) is 11.6 Å². The summed E-state index contributed by atoms with van der Waals surface area (Å²) in [6, 6.07) is 5.13. The summed E-state index contributed by atoms with van der Waals surface area (Å²) in [6.07, 6.45) is 0. The molecule has 4 heteroatoms. The van der Waals surface area contributed by atoms with E-state index in [0.717, 1.165) is 0 Å². The topological polar surface area (TPSA) is 21.3 Å². The van der Waals surface area contributed by atoms with Crippen LogP contribution < -0.4 is 10.1 Å². The van der Waals surface area contributed by atoms with Gasteiger partial charge in [-0.1, -0.05) is 31.5 Å². The van der Waals surface area contributed by atoms with Crippen LogP contribution in [0.1, 0.15) is 13.8 Å². The fourth-order valence-corrected chi connectivity index (χ4v) is 1.27. The fourth-order valence-electron chi connectivity index (χ4n) is 1.10. The summed E-state index contributed by atoms with van der Waals surface area (Å²) in [4.78, 5) is 0. The third kappa shape index (κ3) is 4.06. The Hall–Kier alpha value is -0.800. The average molecular weight is 232 g/mol. The summed E-state index contributed by atoms with van der Waals surface area (Å²) in [6.45, 7) is 5.19. The highest BCUT2D eigenvalue weighted by Gasteiger charge is 2.06. The highest BCUT2D eigenvalue weighted by atomic mass is 35.5. The van der Waals surface area contributed by atoms with Gasteiger partial charge in [-0.15, -0.1) is 0 Å². The van der Waals surface area contributed by atoms with Crippen LogP contribution in [0.5, 0.6) is 5.75 Å². The lowest BCUT2D eigenvalue weighted by molar-refractivity contribution is 0.294. The van der Waals surface area contributed by atoms with Gasteiger partial charge in [0.1, 0.15) is 6.61 Å². The van der Waals surface area contributed by atoms with E-state index in [1.165, 1.54) is 6.07 Å². The van der Waals surface area contributed by atoms with E-state index >= 15 is 0 Å². The molecule has 0 amide bonds. The highest BCUT2D eigenvalue weighted by molar-refractivity contribution is 6.30. The first-order valence-corrected chi connectivity index (χ1v) is 5.29. The maximum absolute atomic E-state index is 13.3. The Morgan fingerprint density at radius 1 is 1.47 bits per heavy atom. The minimum Gasteiger partial charge on any atom is -0.489 e. The van der Waals surface area contributed by atoms with Crippen LogP contribution in [-0.4, -0.2) is 19.2 Å². The van der Waals surface area contributed by atoms with E-state index in [1.807, 2.05) is 13.8 Å².